The summed E-state index contributed by atoms with van der Waals surface area (Å²) in [5.41, 5.74) is -0.0917. The maximum absolute atomic E-state index is 11.7. The predicted octanol–water partition coefficient (Wildman–Crippen LogP) is 0.975. The highest BCUT2D eigenvalue weighted by Gasteiger charge is 2.20. The van der Waals surface area contributed by atoms with Gasteiger partial charge in [0.05, 0.1) is 6.54 Å². The van der Waals surface area contributed by atoms with Crippen molar-refractivity contribution in [2.24, 2.45) is 0 Å². The molecule has 4 heteroatoms. The molecular formula is C13H27N3O. The average Bonchev–Trinajstić information content (AvgIpc) is 2.28. The van der Waals surface area contributed by atoms with Gasteiger partial charge in [0, 0.05) is 11.6 Å². The Morgan fingerprint density at radius 2 is 1.94 bits per heavy atom. The molecule has 0 bridgehead atoms. The lowest BCUT2D eigenvalue weighted by atomic mass is 10.0. The normalized spacial score (nSPS) is 19.3. The number of hydrogen-bond acceptors (Lipinski definition) is 3. The summed E-state index contributed by atoms with van der Waals surface area (Å²) in [4.78, 5) is 14.1. The monoisotopic (exact) mass is 241 g/mol. The molecule has 0 saturated carbocycles. The first-order valence-electron chi connectivity index (χ1n) is 6.66. The van der Waals surface area contributed by atoms with Crippen molar-refractivity contribution in [3.8, 4) is 0 Å². The molecule has 0 unspecified atom stereocenters. The van der Waals surface area contributed by atoms with Crippen LogP contribution >= 0.6 is 0 Å². The lowest BCUT2D eigenvalue weighted by Crippen LogP contribution is -2.49. The van der Waals surface area contributed by atoms with Crippen LogP contribution < -0.4 is 10.6 Å². The van der Waals surface area contributed by atoms with Crippen molar-refractivity contribution in [3.05, 3.63) is 0 Å². The van der Waals surface area contributed by atoms with Gasteiger partial charge >= 0.3 is 0 Å². The van der Waals surface area contributed by atoms with E-state index in [9.17, 15) is 4.79 Å². The summed E-state index contributed by atoms with van der Waals surface area (Å²) in [7, 11) is 2.15. The van der Waals surface area contributed by atoms with E-state index in [1.54, 1.807) is 0 Å². The van der Waals surface area contributed by atoms with Crippen LogP contribution in [0.4, 0.5) is 0 Å². The van der Waals surface area contributed by atoms with Crippen molar-refractivity contribution in [3.63, 3.8) is 0 Å². The molecule has 1 heterocycles. The number of hydrogen-bond donors (Lipinski definition) is 2. The van der Waals surface area contributed by atoms with Gasteiger partial charge in [-0.1, -0.05) is 6.92 Å². The molecule has 0 aromatic rings. The van der Waals surface area contributed by atoms with Crippen molar-refractivity contribution in [2.75, 3.05) is 26.7 Å². The zero-order chi connectivity index (χ0) is 12.9. The van der Waals surface area contributed by atoms with E-state index in [-0.39, 0.29) is 11.4 Å². The molecular weight excluding hydrogens is 214 g/mol. The van der Waals surface area contributed by atoms with Crippen LogP contribution in [0.15, 0.2) is 0 Å². The number of likely N-dealkylation sites (tertiary alicyclic amines) is 1. The molecule has 4 nitrogen and oxygen atoms in total. The molecule has 0 aliphatic carbocycles. The van der Waals surface area contributed by atoms with Gasteiger partial charge in [-0.15, -0.1) is 0 Å². The summed E-state index contributed by atoms with van der Waals surface area (Å²) >= 11 is 0. The first kappa shape index (κ1) is 14.5. The molecule has 1 aliphatic rings. The Hall–Kier alpha value is -0.610. The van der Waals surface area contributed by atoms with Crippen LogP contribution in [-0.4, -0.2) is 49.1 Å². The van der Waals surface area contributed by atoms with E-state index in [0.29, 0.717) is 12.6 Å². The Morgan fingerprint density at radius 3 is 2.47 bits per heavy atom. The molecule has 2 N–H and O–H groups in total. The van der Waals surface area contributed by atoms with Crippen molar-refractivity contribution in [1.29, 1.82) is 0 Å². The Bertz CT molecular complexity index is 245. The SMILES string of the molecule is CCC(C)(C)NC(=O)CNC1CCN(C)CC1. The van der Waals surface area contributed by atoms with Crippen molar-refractivity contribution < 1.29 is 4.79 Å². The minimum absolute atomic E-state index is 0.0917. The number of nitrogens with zero attached hydrogens (tertiary/aromatic N) is 1. The summed E-state index contributed by atoms with van der Waals surface area (Å²) in [6.45, 7) is 8.89. The van der Waals surface area contributed by atoms with Gasteiger partial charge in [0.25, 0.3) is 0 Å². The predicted molar refractivity (Wildman–Crippen MR) is 71.0 cm³/mol. The van der Waals surface area contributed by atoms with E-state index in [2.05, 4.69) is 43.4 Å². The van der Waals surface area contributed by atoms with Gasteiger partial charge in [0.2, 0.25) is 5.91 Å². The van der Waals surface area contributed by atoms with E-state index in [0.717, 1.165) is 32.4 Å². The molecule has 0 atom stereocenters. The van der Waals surface area contributed by atoms with Crippen molar-refractivity contribution in [1.82, 2.24) is 15.5 Å². The molecule has 100 valence electrons. The highest BCUT2D eigenvalue weighted by Crippen LogP contribution is 2.08. The lowest BCUT2D eigenvalue weighted by molar-refractivity contribution is -0.122. The molecule has 0 spiro atoms. The fourth-order valence-electron chi connectivity index (χ4n) is 1.96. The zero-order valence-electron chi connectivity index (χ0n) is 11.7. The Balaban J connectivity index is 2.20. The number of carbonyl (C=O) groups is 1. The Morgan fingerprint density at radius 1 is 1.35 bits per heavy atom. The van der Waals surface area contributed by atoms with Gasteiger partial charge in [-0.25, -0.2) is 0 Å². The van der Waals surface area contributed by atoms with Crippen LogP contribution in [-0.2, 0) is 4.79 Å². The molecule has 1 rings (SSSR count). The highest BCUT2D eigenvalue weighted by atomic mass is 16.2. The molecule has 17 heavy (non-hydrogen) atoms. The fourth-order valence-corrected chi connectivity index (χ4v) is 1.96. The molecule has 0 aromatic heterocycles. The lowest BCUT2D eigenvalue weighted by Gasteiger charge is -2.30. The molecule has 1 fully saturated rings. The van der Waals surface area contributed by atoms with Crippen LogP contribution in [0.5, 0.6) is 0 Å². The number of nitrogens with one attached hydrogen (secondary N) is 2. The standard InChI is InChI=1S/C13H27N3O/c1-5-13(2,3)15-12(17)10-14-11-6-8-16(4)9-7-11/h11,14H,5-10H2,1-4H3,(H,15,17). The van der Waals surface area contributed by atoms with E-state index < -0.39 is 0 Å². The van der Waals surface area contributed by atoms with Gasteiger partial charge in [-0.05, 0) is 53.2 Å². The second-order valence-electron chi connectivity index (χ2n) is 5.74. The quantitative estimate of drug-likeness (QED) is 0.754. The van der Waals surface area contributed by atoms with Crippen molar-refractivity contribution >= 4 is 5.91 Å². The van der Waals surface area contributed by atoms with Crippen molar-refractivity contribution in [2.45, 2.75) is 51.6 Å². The van der Waals surface area contributed by atoms with Crippen LogP contribution in [0.2, 0.25) is 0 Å². The number of piperidine rings is 1. The second-order valence-corrected chi connectivity index (χ2v) is 5.74. The minimum Gasteiger partial charge on any atom is -0.350 e. The van der Waals surface area contributed by atoms with Gasteiger partial charge in [0.15, 0.2) is 0 Å². The summed E-state index contributed by atoms with van der Waals surface area (Å²) in [6, 6.07) is 0.502. The smallest absolute Gasteiger partial charge is 0.234 e. The minimum atomic E-state index is -0.0917. The second kappa shape index (κ2) is 6.36. The first-order chi connectivity index (χ1) is 7.93. The fraction of sp³-hybridized carbons (Fsp3) is 0.923. The van der Waals surface area contributed by atoms with E-state index in [1.807, 2.05) is 0 Å². The zero-order valence-corrected chi connectivity index (χ0v) is 11.7. The maximum Gasteiger partial charge on any atom is 0.234 e. The largest absolute Gasteiger partial charge is 0.350 e. The van der Waals surface area contributed by atoms with Gasteiger partial charge in [-0.3, -0.25) is 4.79 Å². The third-order valence-electron chi connectivity index (χ3n) is 3.63. The van der Waals surface area contributed by atoms with E-state index in [1.165, 1.54) is 0 Å². The third-order valence-corrected chi connectivity index (χ3v) is 3.63. The molecule has 1 saturated heterocycles. The third kappa shape index (κ3) is 5.50. The van der Waals surface area contributed by atoms with E-state index in [4.69, 9.17) is 0 Å². The van der Waals surface area contributed by atoms with E-state index >= 15 is 0 Å². The average molecular weight is 241 g/mol. The molecule has 0 aromatic carbocycles. The summed E-state index contributed by atoms with van der Waals surface area (Å²) in [5.74, 6) is 0.107. The summed E-state index contributed by atoms with van der Waals surface area (Å²) in [5, 5.41) is 6.39. The van der Waals surface area contributed by atoms with Crippen LogP contribution in [0.25, 0.3) is 0 Å². The summed E-state index contributed by atoms with van der Waals surface area (Å²) < 4.78 is 0. The first-order valence-corrected chi connectivity index (χ1v) is 6.66. The number of carbonyl (C=O) groups excluding carboxylic acids is 1. The van der Waals surface area contributed by atoms with Gasteiger partial charge in [0.1, 0.15) is 0 Å². The van der Waals surface area contributed by atoms with Crippen LogP contribution in [0, 0.1) is 0 Å². The summed E-state index contributed by atoms with van der Waals surface area (Å²) in [6.07, 6.45) is 3.23. The number of rotatable bonds is 5. The molecule has 0 radical (unpaired) electrons. The van der Waals surface area contributed by atoms with Crippen LogP contribution in [0.3, 0.4) is 0 Å². The van der Waals surface area contributed by atoms with Gasteiger partial charge < -0.3 is 15.5 Å². The van der Waals surface area contributed by atoms with Crippen LogP contribution in [0.1, 0.15) is 40.0 Å². The Labute approximate surface area is 105 Å². The topological polar surface area (TPSA) is 44.4 Å². The number of amides is 1. The maximum atomic E-state index is 11.7. The highest BCUT2D eigenvalue weighted by molar-refractivity contribution is 5.78. The molecule has 1 amide bonds. The van der Waals surface area contributed by atoms with Gasteiger partial charge in [-0.2, -0.15) is 0 Å². The molecule has 1 aliphatic heterocycles. The Kier molecular flexibility index (Phi) is 5.40.